The van der Waals surface area contributed by atoms with E-state index in [1.54, 1.807) is 0 Å². The third-order valence-electron chi connectivity index (χ3n) is 5.53. The molecule has 1 aromatic carbocycles. The summed E-state index contributed by atoms with van der Waals surface area (Å²) in [4.78, 5) is 12.8. The maximum absolute atomic E-state index is 12.8. The molecule has 0 saturated heterocycles. The Kier molecular flexibility index (Phi) is 4.34. The number of rotatable bonds is 3. The first kappa shape index (κ1) is 16.3. The van der Waals surface area contributed by atoms with Gasteiger partial charge in [-0.2, -0.15) is 5.10 Å². The van der Waals surface area contributed by atoms with Crippen molar-refractivity contribution in [3.63, 3.8) is 0 Å². The predicted molar refractivity (Wildman–Crippen MR) is 96.1 cm³/mol. The van der Waals surface area contributed by atoms with Crippen LogP contribution in [0.15, 0.2) is 24.3 Å². The average Bonchev–Trinajstić information content (AvgIpc) is 3.20. The molecule has 2 atom stereocenters. The average molecular weight is 339 g/mol. The van der Waals surface area contributed by atoms with Crippen LogP contribution in [0.25, 0.3) is 5.69 Å². The molecular formula is C20H25N3O2. The number of aliphatic hydroxyl groups excluding tert-OH is 1. The second-order valence-corrected chi connectivity index (χ2v) is 7.26. The van der Waals surface area contributed by atoms with Crippen LogP contribution in [0, 0.1) is 6.92 Å². The van der Waals surface area contributed by atoms with Crippen molar-refractivity contribution in [1.82, 2.24) is 15.1 Å². The Morgan fingerprint density at radius 3 is 2.80 bits per heavy atom. The molecule has 0 aliphatic heterocycles. The number of para-hydroxylation sites is 1. The van der Waals surface area contributed by atoms with Gasteiger partial charge in [0, 0.05) is 11.3 Å². The standard InChI is InChI=1S/C20H25N3O2/c1-13-7-2-4-10-16(13)23-17-11-6-8-14(17)19(22-23)20(25)21-15-9-3-5-12-18(15)24/h2,4,7,10,15,18,24H,3,5-6,8-9,11-12H2,1H3,(H,21,25)/t15-,18-/m0/s1. The molecule has 2 aromatic rings. The van der Waals surface area contributed by atoms with Gasteiger partial charge in [-0.15, -0.1) is 0 Å². The second-order valence-electron chi connectivity index (χ2n) is 7.26. The molecule has 1 saturated carbocycles. The number of aryl methyl sites for hydroxylation is 1. The van der Waals surface area contributed by atoms with E-state index in [9.17, 15) is 9.90 Å². The molecule has 25 heavy (non-hydrogen) atoms. The van der Waals surface area contributed by atoms with E-state index in [0.717, 1.165) is 67.5 Å². The summed E-state index contributed by atoms with van der Waals surface area (Å²) in [5, 5.41) is 17.8. The zero-order chi connectivity index (χ0) is 17.4. The summed E-state index contributed by atoms with van der Waals surface area (Å²) < 4.78 is 1.95. The third kappa shape index (κ3) is 2.97. The third-order valence-corrected chi connectivity index (χ3v) is 5.53. The van der Waals surface area contributed by atoms with Gasteiger partial charge in [0.1, 0.15) is 0 Å². The maximum Gasteiger partial charge on any atom is 0.272 e. The van der Waals surface area contributed by atoms with E-state index in [4.69, 9.17) is 0 Å². The number of amides is 1. The lowest BCUT2D eigenvalue weighted by Gasteiger charge is -2.28. The molecule has 4 rings (SSSR count). The van der Waals surface area contributed by atoms with Crippen molar-refractivity contribution in [3.05, 3.63) is 46.8 Å². The van der Waals surface area contributed by atoms with Crippen molar-refractivity contribution in [2.75, 3.05) is 0 Å². The number of nitrogens with zero attached hydrogens (tertiary/aromatic N) is 2. The van der Waals surface area contributed by atoms with Gasteiger partial charge in [0.25, 0.3) is 5.91 Å². The van der Waals surface area contributed by atoms with Gasteiger partial charge in [-0.05, 0) is 50.7 Å². The molecule has 1 heterocycles. The van der Waals surface area contributed by atoms with Crippen molar-refractivity contribution in [2.45, 2.75) is 64.0 Å². The Morgan fingerprint density at radius 2 is 2.00 bits per heavy atom. The second kappa shape index (κ2) is 6.64. The molecule has 5 nitrogen and oxygen atoms in total. The van der Waals surface area contributed by atoms with E-state index in [2.05, 4.69) is 23.4 Å². The molecule has 2 aliphatic rings. The highest BCUT2D eigenvalue weighted by molar-refractivity contribution is 5.94. The summed E-state index contributed by atoms with van der Waals surface area (Å²) in [6, 6.07) is 7.98. The highest BCUT2D eigenvalue weighted by atomic mass is 16.3. The van der Waals surface area contributed by atoms with Gasteiger partial charge in [-0.25, -0.2) is 4.68 Å². The Labute approximate surface area is 148 Å². The van der Waals surface area contributed by atoms with Crippen LogP contribution in [0.2, 0.25) is 0 Å². The fourth-order valence-electron chi connectivity index (χ4n) is 4.14. The Morgan fingerprint density at radius 1 is 1.20 bits per heavy atom. The lowest BCUT2D eigenvalue weighted by atomic mass is 9.92. The first-order chi connectivity index (χ1) is 12.1. The SMILES string of the molecule is Cc1ccccc1-n1nc(C(=O)N[C@H]2CCCC[C@@H]2O)c2c1CCC2. The molecule has 2 N–H and O–H groups in total. The van der Waals surface area contributed by atoms with E-state index in [-0.39, 0.29) is 11.9 Å². The number of nitrogens with one attached hydrogen (secondary N) is 1. The summed E-state index contributed by atoms with van der Waals surface area (Å²) in [5.41, 5.74) is 4.95. The van der Waals surface area contributed by atoms with E-state index in [1.807, 2.05) is 22.9 Å². The molecule has 0 spiro atoms. The van der Waals surface area contributed by atoms with Crippen LogP contribution in [-0.2, 0) is 12.8 Å². The van der Waals surface area contributed by atoms with Crippen LogP contribution in [0.4, 0.5) is 0 Å². The molecule has 1 amide bonds. The molecule has 0 radical (unpaired) electrons. The number of aromatic nitrogens is 2. The molecule has 0 bridgehead atoms. The zero-order valence-corrected chi connectivity index (χ0v) is 14.7. The largest absolute Gasteiger partial charge is 0.391 e. The Hall–Kier alpha value is -2.14. The number of carbonyl (C=O) groups is 1. The fraction of sp³-hybridized carbons (Fsp3) is 0.500. The zero-order valence-electron chi connectivity index (χ0n) is 14.7. The smallest absolute Gasteiger partial charge is 0.272 e. The predicted octanol–water partition coefficient (Wildman–Crippen LogP) is 2.70. The molecule has 5 heteroatoms. The van der Waals surface area contributed by atoms with E-state index in [0.29, 0.717) is 5.69 Å². The molecular weight excluding hydrogens is 314 g/mol. The van der Waals surface area contributed by atoms with Crippen molar-refractivity contribution in [3.8, 4) is 5.69 Å². The van der Waals surface area contributed by atoms with Gasteiger partial charge >= 0.3 is 0 Å². The number of aliphatic hydroxyl groups is 1. The maximum atomic E-state index is 12.8. The van der Waals surface area contributed by atoms with Crippen molar-refractivity contribution in [2.24, 2.45) is 0 Å². The number of fused-ring (bicyclic) bond motifs is 1. The van der Waals surface area contributed by atoms with Crippen LogP contribution in [0.3, 0.4) is 0 Å². The molecule has 2 aliphatic carbocycles. The lowest BCUT2D eigenvalue weighted by molar-refractivity contribution is 0.0713. The number of hydrogen-bond donors (Lipinski definition) is 2. The molecule has 1 fully saturated rings. The van der Waals surface area contributed by atoms with Gasteiger partial charge in [0.15, 0.2) is 5.69 Å². The number of hydrogen-bond acceptors (Lipinski definition) is 3. The molecule has 1 aromatic heterocycles. The quantitative estimate of drug-likeness (QED) is 0.903. The normalized spacial score (nSPS) is 22.6. The Bertz CT molecular complexity index is 796. The van der Waals surface area contributed by atoms with Gasteiger partial charge in [0.2, 0.25) is 0 Å². The van der Waals surface area contributed by atoms with E-state index >= 15 is 0 Å². The van der Waals surface area contributed by atoms with Crippen LogP contribution in [0.5, 0.6) is 0 Å². The summed E-state index contributed by atoms with van der Waals surface area (Å²) in [6.07, 6.45) is 6.17. The lowest BCUT2D eigenvalue weighted by Crippen LogP contribution is -2.45. The number of benzene rings is 1. The summed E-state index contributed by atoms with van der Waals surface area (Å²) in [5.74, 6) is -0.142. The highest BCUT2D eigenvalue weighted by Crippen LogP contribution is 2.29. The topological polar surface area (TPSA) is 67.2 Å². The number of carbonyl (C=O) groups excluding carboxylic acids is 1. The monoisotopic (exact) mass is 339 g/mol. The van der Waals surface area contributed by atoms with Crippen LogP contribution in [-0.4, -0.2) is 32.9 Å². The van der Waals surface area contributed by atoms with E-state index < -0.39 is 6.10 Å². The summed E-state index contributed by atoms with van der Waals surface area (Å²) >= 11 is 0. The van der Waals surface area contributed by atoms with Crippen LogP contribution in [0.1, 0.15) is 59.4 Å². The van der Waals surface area contributed by atoms with E-state index in [1.165, 1.54) is 0 Å². The fourth-order valence-corrected chi connectivity index (χ4v) is 4.14. The van der Waals surface area contributed by atoms with Crippen LogP contribution >= 0.6 is 0 Å². The van der Waals surface area contributed by atoms with Gasteiger partial charge in [-0.1, -0.05) is 31.0 Å². The Balaban J connectivity index is 1.66. The molecule has 132 valence electrons. The minimum atomic E-state index is -0.441. The summed E-state index contributed by atoms with van der Waals surface area (Å²) in [6.45, 7) is 2.07. The van der Waals surface area contributed by atoms with Gasteiger partial charge < -0.3 is 10.4 Å². The van der Waals surface area contributed by atoms with Crippen molar-refractivity contribution in [1.29, 1.82) is 0 Å². The minimum Gasteiger partial charge on any atom is -0.391 e. The van der Waals surface area contributed by atoms with Gasteiger partial charge in [-0.3, -0.25) is 4.79 Å². The van der Waals surface area contributed by atoms with Crippen molar-refractivity contribution < 1.29 is 9.90 Å². The minimum absolute atomic E-state index is 0.142. The summed E-state index contributed by atoms with van der Waals surface area (Å²) in [7, 11) is 0. The highest BCUT2D eigenvalue weighted by Gasteiger charge is 2.30. The first-order valence-corrected chi connectivity index (χ1v) is 9.31. The molecule has 0 unspecified atom stereocenters. The first-order valence-electron chi connectivity index (χ1n) is 9.31. The van der Waals surface area contributed by atoms with Crippen molar-refractivity contribution >= 4 is 5.91 Å². The van der Waals surface area contributed by atoms with Crippen LogP contribution < -0.4 is 5.32 Å². The van der Waals surface area contributed by atoms with Gasteiger partial charge in [0.05, 0.1) is 17.8 Å².